The van der Waals surface area contributed by atoms with Crippen LogP contribution in [-0.4, -0.2) is 4.98 Å². The van der Waals surface area contributed by atoms with Crippen molar-refractivity contribution < 1.29 is 0 Å². The summed E-state index contributed by atoms with van der Waals surface area (Å²) in [4.78, 5) is 4.56. The van der Waals surface area contributed by atoms with E-state index in [1.807, 2.05) is 12.3 Å². The van der Waals surface area contributed by atoms with Gasteiger partial charge >= 0.3 is 0 Å². The molecule has 0 bridgehead atoms. The molecule has 1 aromatic heterocycles. The highest BCUT2D eigenvalue weighted by atomic mass is 15.2. The van der Waals surface area contributed by atoms with E-state index in [-0.39, 0.29) is 16.9 Å². The van der Waals surface area contributed by atoms with Crippen LogP contribution < -0.4 is 11.3 Å². The Kier molecular flexibility index (Phi) is 2.89. The monoisotopic (exact) mass is 269 g/mol. The van der Waals surface area contributed by atoms with E-state index < -0.39 is 0 Å². The molecular formula is C17H23N3. The van der Waals surface area contributed by atoms with Crippen molar-refractivity contribution in [3.63, 3.8) is 0 Å². The van der Waals surface area contributed by atoms with Gasteiger partial charge in [-0.1, -0.05) is 52.0 Å². The highest BCUT2D eigenvalue weighted by Crippen LogP contribution is 2.72. The van der Waals surface area contributed by atoms with E-state index in [0.29, 0.717) is 5.92 Å². The summed E-state index contributed by atoms with van der Waals surface area (Å²) < 4.78 is 0. The predicted octanol–water partition coefficient (Wildman–Crippen LogP) is 3.42. The standard InChI is InChI=1S/C17H23N3/c1-16(2)15(17(16,3)4)14(20-18)12-9-5-7-11-8-6-10-19-13(11)12/h5-10,14-15,20H,18H2,1-4H3. The number of nitrogens with zero attached hydrogens (tertiary/aromatic N) is 1. The Balaban J connectivity index is 2.10. The van der Waals surface area contributed by atoms with Crippen LogP contribution in [-0.2, 0) is 0 Å². The smallest absolute Gasteiger partial charge is 0.0750 e. The quantitative estimate of drug-likeness (QED) is 0.663. The third-order valence-electron chi connectivity index (χ3n) is 5.64. The molecule has 0 saturated heterocycles. The summed E-state index contributed by atoms with van der Waals surface area (Å²) >= 11 is 0. The van der Waals surface area contributed by atoms with Crippen molar-refractivity contribution >= 4 is 10.9 Å². The summed E-state index contributed by atoms with van der Waals surface area (Å²) in [5.41, 5.74) is 5.86. The van der Waals surface area contributed by atoms with Crippen LogP contribution in [0.2, 0.25) is 0 Å². The molecule has 3 nitrogen and oxygen atoms in total. The first-order chi connectivity index (χ1) is 9.41. The molecule has 0 amide bonds. The lowest BCUT2D eigenvalue weighted by Crippen LogP contribution is -2.31. The Labute approximate surface area is 120 Å². The number of hydrazine groups is 1. The fraction of sp³-hybridized carbons (Fsp3) is 0.471. The molecule has 1 aromatic carbocycles. The number of pyridine rings is 1. The van der Waals surface area contributed by atoms with Gasteiger partial charge in [-0.25, -0.2) is 0 Å². The van der Waals surface area contributed by atoms with E-state index in [1.54, 1.807) is 0 Å². The molecular weight excluding hydrogens is 246 g/mol. The number of aromatic nitrogens is 1. The lowest BCUT2D eigenvalue weighted by molar-refractivity contribution is 0.419. The maximum absolute atomic E-state index is 5.90. The first-order valence-corrected chi connectivity index (χ1v) is 7.21. The van der Waals surface area contributed by atoms with Crippen LogP contribution in [0.3, 0.4) is 0 Å². The summed E-state index contributed by atoms with van der Waals surface area (Å²) in [5.74, 6) is 6.41. The van der Waals surface area contributed by atoms with Crippen molar-refractivity contribution in [2.24, 2.45) is 22.6 Å². The number of para-hydroxylation sites is 1. The summed E-state index contributed by atoms with van der Waals surface area (Å²) in [6.07, 6.45) is 1.85. The number of nitrogens with one attached hydrogen (secondary N) is 1. The minimum Gasteiger partial charge on any atom is -0.271 e. The summed E-state index contributed by atoms with van der Waals surface area (Å²) in [6, 6.07) is 10.5. The van der Waals surface area contributed by atoms with Crippen LogP contribution in [0.25, 0.3) is 10.9 Å². The lowest BCUT2D eigenvalue weighted by atomic mass is 9.95. The van der Waals surface area contributed by atoms with Crippen LogP contribution in [0.1, 0.15) is 39.3 Å². The zero-order chi connectivity index (χ0) is 14.5. The van der Waals surface area contributed by atoms with E-state index in [1.165, 1.54) is 10.9 Å². The van der Waals surface area contributed by atoms with Crippen molar-refractivity contribution in [2.75, 3.05) is 0 Å². The van der Waals surface area contributed by atoms with Gasteiger partial charge in [0.25, 0.3) is 0 Å². The zero-order valence-corrected chi connectivity index (χ0v) is 12.6. The number of hydrogen-bond donors (Lipinski definition) is 2. The van der Waals surface area contributed by atoms with E-state index in [0.717, 1.165) is 5.52 Å². The third kappa shape index (κ3) is 1.70. The summed E-state index contributed by atoms with van der Waals surface area (Å²) in [6.45, 7) is 9.28. The molecule has 20 heavy (non-hydrogen) atoms. The van der Waals surface area contributed by atoms with Gasteiger partial charge in [0.05, 0.1) is 11.6 Å². The molecule has 0 radical (unpaired) electrons. The van der Waals surface area contributed by atoms with Crippen molar-refractivity contribution in [3.8, 4) is 0 Å². The van der Waals surface area contributed by atoms with Crippen LogP contribution >= 0.6 is 0 Å². The van der Waals surface area contributed by atoms with Gasteiger partial charge in [-0.3, -0.25) is 16.3 Å². The fourth-order valence-corrected chi connectivity index (χ4v) is 3.83. The molecule has 3 rings (SSSR count). The molecule has 1 heterocycles. The normalized spacial score (nSPS) is 21.9. The van der Waals surface area contributed by atoms with Gasteiger partial charge in [0, 0.05) is 11.6 Å². The van der Waals surface area contributed by atoms with Crippen LogP contribution in [0.5, 0.6) is 0 Å². The Bertz CT molecular complexity index is 626. The van der Waals surface area contributed by atoms with Gasteiger partial charge in [-0.05, 0) is 28.4 Å². The highest BCUT2D eigenvalue weighted by Gasteiger charge is 2.67. The molecule has 1 aliphatic rings. The molecule has 1 unspecified atom stereocenters. The minimum absolute atomic E-state index is 0.138. The van der Waals surface area contributed by atoms with Gasteiger partial charge in [-0.15, -0.1) is 0 Å². The van der Waals surface area contributed by atoms with E-state index in [2.05, 4.69) is 62.4 Å². The summed E-state index contributed by atoms with van der Waals surface area (Å²) in [7, 11) is 0. The Hall–Kier alpha value is -1.45. The SMILES string of the molecule is CC1(C)C(C(NN)c2cccc3cccnc23)C1(C)C. The lowest BCUT2D eigenvalue weighted by Gasteiger charge is -2.20. The van der Waals surface area contributed by atoms with Crippen molar-refractivity contribution in [2.45, 2.75) is 33.7 Å². The number of nitrogens with two attached hydrogens (primary N) is 1. The van der Waals surface area contributed by atoms with E-state index >= 15 is 0 Å². The molecule has 3 N–H and O–H groups in total. The van der Waals surface area contributed by atoms with Gasteiger partial charge < -0.3 is 0 Å². The molecule has 0 aliphatic heterocycles. The third-order valence-corrected chi connectivity index (χ3v) is 5.64. The molecule has 2 aromatic rings. The van der Waals surface area contributed by atoms with Gasteiger partial charge in [0.15, 0.2) is 0 Å². The maximum atomic E-state index is 5.90. The molecule has 1 atom stereocenters. The van der Waals surface area contributed by atoms with Crippen LogP contribution in [0.15, 0.2) is 36.5 Å². The second-order valence-corrected chi connectivity index (χ2v) is 6.99. The number of fused-ring (bicyclic) bond motifs is 1. The zero-order valence-electron chi connectivity index (χ0n) is 12.6. The molecule has 1 saturated carbocycles. The fourth-order valence-electron chi connectivity index (χ4n) is 3.83. The maximum Gasteiger partial charge on any atom is 0.0750 e. The molecule has 1 fully saturated rings. The summed E-state index contributed by atoms with van der Waals surface area (Å²) in [5, 5.41) is 1.17. The van der Waals surface area contributed by atoms with Gasteiger partial charge in [-0.2, -0.15) is 0 Å². The number of rotatable bonds is 3. The number of hydrogen-bond acceptors (Lipinski definition) is 3. The number of benzene rings is 1. The van der Waals surface area contributed by atoms with Gasteiger partial charge in [0.1, 0.15) is 0 Å². The first kappa shape index (κ1) is 13.5. The van der Waals surface area contributed by atoms with E-state index in [9.17, 15) is 0 Å². The van der Waals surface area contributed by atoms with Crippen LogP contribution in [0.4, 0.5) is 0 Å². The first-order valence-electron chi connectivity index (χ1n) is 7.21. The predicted molar refractivity (Wildman–Crippen MR) is 82.9 cm³/mol. The van der Waals surface area contributed by atoms with Crippen molar-refractivity contribution in [1.82, 2.24) is 10.4 Å². The Morgan fingerprint density at radius 3 is 2.35 bits per heavy atom. The largest absolute Gasteiger partial charge is 0.271 e. The average Bonchev–Trinajstić information content (AvgIpc) is 2.83. The van der Waals surface area contributed by atoms with Crippen molar-refractivity contribution in [3.05, 3.63) is 42.1 Å². The topological polar surface area (TPSA) is 50.9 Å². The molecule has 0 spiro atoms. The Morgan fingerprint density at radius 1 is 1.10 bits per heavy atom. The van der Waals surface area contributed by atoms with Gasteiger partial charge in [0.2, 0.25) is 0 Å². The average molecular weight is 269 g/mol. The minimum atomic E-state index is 0.138. The van der Waals surface area contributed by atoms with Crippen molar-refractivity contribution in [1.29, 1.82) is 0 Å². The highest BCUT2D eigenvalue weighted by molar-refractivity contribution is 5.82. The molecule has 1 aliphatic carbocycles. The molecule has 106 valence electrons. The Morgan fingerprint density at radius 2 is 1.75 bits per heavy atom. The second kappa shape index (κ2) is 4.27. The van der Waals surface area contributed by atoms with E-state index in [4.69, 9.17) is 5.84 Å². The van der Waals surface area contributed by atoms with Crippen LogP contribution in [0, 0.1) is 16.7 Å². The molecule has 3 heteroatoms. The second-order valence-electron chi connectivity index (χ2n) is 6.99.